The molecule has 0 aliphatic carbocycles. The second kappa shape index (κ2) is 8.65. The zero-order chi connectivity index (χ0) is 19.1. The first kappa shape index (κ1) is 19.0. The predicted molar refractivity (Wildman–Crippen MR) is 90.6 cm³/mol. The number of rotatable bonds is 7. The first-order chi connectivity index (χ1) is 12.5. The number of hydrogen-bond donors (Lipinski definition) is 1. The lowest BCUT2D eigenvalue weighted by Gasteiger charge is -2.14. The van der Waals surface area contributed by atoms with Crippen molar-refractivity contribution in [2.45, 2.75) is 13.0 Å². The molecule has 0 spiro atoms. The second-order valence-corrected chi connectivity index (χ2v) is 5.05. The summed E-state index contributed by atoms with van der Waals surface area (Å²) in [5.74, 6) is -0.371. The summed E-state index contributed by atoms with van der Waals surface area (Å²) < 4.78 is 20.3. The Kier molecular flexibility index (Phi) is 6.31. The highest BCUT2D eigenvalue weighted by Gasteiger charge is 2.20. The van der Waals surface area contributed by atoms with Crippen LogP contribution < -0.4 is 19.5 Å². The van der Waals surface area contributed by atoms with Gasteiger partial charge in [0.15, 0.2) is 0 Å². The number of carbonyl (C=O) groups is 2. The summed E-state index contributed by atoms with van der Waals surface area (Å²) in [6.07, 6.45) is 0. The monoisotopic (exact) mass is 361 g/mol. The fraction of sp³-hybridized carbons (Fsp3) is 0.294. The number of nitrogens with zero attached hydrogens (tertiary/aromatic N) is 2. The first-order valence-corrected chi connectivity index (χ1v) is 7.61. The molecule has 0 aliphatic rings. The van der Waals surface area contributed by atoms with E-state index in [-0.39, 0.29) is 29.1 Å². The molecule has 0 unspecified atom stereocenters. The van der Waals surface area contributed by atoms with Gasteiger partial charge in [0.05, 0.1) is 33.0 Å². The maximum atomic E-state index is 12.4. The Bertz CT molecular complexity index is 774. The third kappa shape index (κ3) is 4.59. The normalized spacial score (nSPS) is 11.2. The molecule has 138 valence electrons. The first-order valence-electron chi connectivity index (χ1n) is 7.61. The van der Waals surface area contributed by atoms with Gasteiger partial charge in [0.1, 0.15) is 11.8 Å². The van der Waals surface area contributed by atoms with E-state index in [9.17, 15) is 9.59 Å². The van der Waals surface area contributed by atoms with Crippen molar-refractivity contribution in [3.05, 3.63) is 35.9 Å². The molecule has 0 bridgehead atoms. The summed E-state index contributed by atoms with van der Waals surface area (Å²) in [7, 11) is 4.14. The van der Waals surface area contributed by atoms with Crippen LogP contribution in [0.4, 0.5) is 0 Å². The Morgan fingerprint density at radius 2 is 1.65 bits per heavy atom. The predicted octanol–water partition coefficient (Wildman–Crippen LogP) is 1.58. The Balaban J connectivity index is 2.26. The van der Waals surface area contributed by atoms with Gasteiger partial charge in [-0.1, -0.05) is 12.1 Å². The van der Waals surface area contributed by atoms with Crippen molar-refractivity contribution < 1.29 is 28.5 Å². The Morgan fingerprint density at radius 3 is 2.23 bits per heavy atom. The molecular weight excluding hydrogens is 342 g/mol. The average Bonchev–Trinajstić information content (AvgIpc) is 2.67. The van der Waals surface area contributed by atoms with E-state index < -0.39 is 17.9 Å². The molecule has 0 saturated carbocycles. The van der Waals surface area contributed by atoms with Gasteiger partial charge in [-0.05, 0) is 19.1 Å². The van der Waals surface area contributed by atoms with Gasteiger partial charge in [0.2, 0.25) is 11.8 Å². The molecule has 1 aromatic heterocycles. The molecule has 26 heavy (non-hydrogen) atoms. The molecule has 1 amide bonds. The van der Waals surface area contributed by atoms with Crippen molar-refractivity contribution in [1.29, 1.82) is 0 Å². The third-order valence-electron chi connectivity index (χ3n) is 3.31. The SMILES string of the molecule is COC(=O)[C@@H](C)NC(=O)c1ccccc1Oc1nc(OC)cc(OC)n1. The molecule has 1 heterocycles. The van der Waals surface area contributed by atoms with Gasteiger partial charge < -0.3 is 24.3 Å². The second-order valence-electron chi connectivity index (χ2n) is 5.05. The minimum absolute atomic E-state index is 0.0533. The minimum atomic E-state index is -0.811. The van der Waals surface area contributed by atoms with Crippen LogP contribution in [0.2, 0.25) is 0 Å². The number of esters is 1. The number of para-hydroxylation sites is 1. The number of nitrogens with one attached hydrogen (secondary N) is 1. The van der Waals surface area contributed by atoms with Crippen molar-refractivity contribution in [3.8, 4) is 23.5 Å². The highest BCUT2D eigenvalue weighted by Crippen LogP contribution is 2.26. The highest BCUT2D eigenvalue weighted by atomic mass is 16.5. The van der Waals surface area contributed by atoms with Gasteiger partial charge in [0.25, 0.3) is 5.91 Å². The molecule has 1 aromatic carbocycles. The van der Waals surface area contributed by atoms with Gasteiger partial charge in [0, 0.05) is 0 Å². The lowest BCUT2D eigenvalue weighted by atomic mass is 10.1. The smallest absolute Gasteiger partial charge is 0.328 e. The van der Waals surface area contributed by atoms with Crippen molar-refractivity contribution in [1.82, 2.24) is 15.3 Å². The fourth-order valence-corrected chi connectivity index (χ4v) is 1.99. The molecule has 0 radical (unpaired) electrons. The third-order valence-corrected chi connectivity index (χ3v) is 3.31. The van der Waals surface area contributed by atoms with Crippen LogP contribution in [0.5, 0.6) is 23.5 Å². The van der Waals surface area contributed by atoms with E-state index in [4.69, 9.17) is 14.2 Å². The van der Waals surface area contributed by atoms with Crippen molar-refractivity contribution in [3.63, 3.8) is 0 Å². The quantitative estimate of drug-likeness (QED) is 0.740. The van der Waals surface area contributed by atoms with Gasteiger partial charge in [-0.15, -0.1) is 0 Å². The van der Waals surface area contributed by atoms with Crippen LogP contribution in [-0.4, -0.2) is 49.2 Å². The fourth-order valence-electron chi connectivity index (χ4n) is 1.99. The van der Waals surface area contributed by atoms with E-state index in [2.05, 4.69) is 20.0 Å². The van der Waals surface area contributed by atoms with E-state index in [1.54, 1.807) is 24.3 Å². The summed E-state index contributed by atoms with van der Waals surface area (Å²) in [5.41, 5.74) is 0.202. The van der Waals surface area contributed by atoms with Crippen LogP contribution in [0.1, 0.15) is 17.3 Å². The molecule has 9 nitrogen and oxygen atoms in total. The highest BCUT2D eigenvalue weighted by molar-refractivity contribution is 5.99. The largest absolute Gasteiger partial charge is 0.481 e. The zero-order valence-corrected chi connectivity index (χ0v) is 14.8. The van der Waals surface area contributed by atoms with Gasteiger partial charge in [-0.25, -0.2) is 4.79 Å². The van der Waals surface area contributed by atoms with E-state index >= 15 is 0 Å². The molecule has 9 heteroatoms. The van der Waals surface area contributed by atoms with Crippen LogP contribution in [0.15, 0.2) is 30.3 Å². The standard InChI is InChI=1S/C17H19N3O6/c1-10(16(22)25-4)18-15(21)11-7-5-6-8-12(11)26-17-19-13(23-2)9-14(20-17)24-3/h5-10H,1-4H3,(H,18,21)/t10-/m1/s1. The molecule has 1 atom stereocenters. The number of benzene rings is 1. The number of ether oxygens (including phenoxy) is 4. The molecular formula is C17H19N3O6. The summed E-state index contributed by atoms with van der Waals surface area (Å²) in [5, 5.41) is 2.53. The van der Waals surface area contributed by atoms with Crippen LogP contribution in [0, 0.1) is 0 Å². The van der Waals surface area contributed by atoms with Crippen LogP contribution in [0.25, 0.3) is 0 Å². The molecule has 0 saturated heterocycles. The average molecular weight is 361 g/mol. The van der Waals surface area contributed by atoms with Crippen molar-refractivity contribution in [2.75, 3.05) is 21.3 Å². The molecule has 1 N–H and O–H groups in total. The van der Waals surface area contributed by atoms with Crippen LogP contribution in [0.3, 0.4) is 0 Å². The molecule has 2 rings (SSSR count). The summed E-state index contributed by atoms with van der Waals surface area (Å²) >= 11 is 0. The number of aromatic nitrogens is 2. The van der Waals surface area contributed by atoms with Crippen LogP contribution >= 0.6 is 0 Å². The lowest BCUT2D eigenvalue weighted by molar-refractivity contribution is -0.142. The Morgan fingerprint density at radius 1 is 1.04 bits per heavy atom. The molecule has 0 fully saturated rings. The summed E-state index contributed by atoms with van der Waals surface area (Å²) in [6.45, 7) is 1.52. The summed E-state index contributed by atoms with van der Waals surface area (Å²) in [6, 6.07) is 7.10. The number of methoxy groups -OCH3 is 3. The number of carbonyl (C=O) groups excluding carboxylic acids is 2. The Labute approximate surface area is 150 Å². The molecule has 0 aliphatic heterocycles. The Hall–Kier alpha value is -3.36. The summed E-state index contributed by atoms with van der Waals surface area (Å²) in [4.78, 5) is 32.0. The van der Waals surface area contributed by atoms with Crippen molar-refractivity contribution in [2.24, 2.45) is 0 Å². The minimum Gasteiger partial charge on any atom is -0.481 e. The van der Waals surface area contributed by atoms with Gasteiger partial charge in [-0.2, -0.15) is 9.97 Å². The van der Waals surface area contributed by atoms with E-state index in [0.717, 1.165) is 0 Å². The van der Waals surface area contributed by atoms with Gasteiger partial charge >= 0.3 is 12.0 Å². The van der Waals surface area contributed by atoms with E-state index in [1.807, 2.05) is 0 Å². The van der Waals surface area contributed by atoms with Gasteiger partial charge in [-0.3, -0.25) is 4.79 Å². The van der Waals surface area contributed by atoms with Crippen LogP contribution in [-0.2, 0) is 9.53 Å². The van der Waals surface area contributed by atoms with E-state index in [1.165, 1.54) is 34.3 Å². The topological polar surface area (TPSA) is 109 Å². The molecule has 2 aromatic rings. The zero-order valence-electron chi connectivity index (χ0n) is 14.8. The maximum absolute atomic E-state index is 12.4. The number of hydrogen-bond acceptors (Lipinski definition) is 8. The number of amides is 1. The van der Waals surface area contributed by atoms with Crippen molar-refractivity contribution >= 4 is 11.9 Å². The van der Waals surface area contributed by atoms with E-state index in [0.29, 0.717) is 0 Å². The lowest BCUT2D eigenvalue weighted by Crippen LogP contribution is -2.39. The maximum Gasteiger partial charge on any atom is 0.328 e.